The summed E-state index contributed by atoms with van der Waals surface area (Å²) in [5, 5.41) is 20.8. The summed E-state index contributed by atoms with van der Waals surface area (Å²) in [5.74, 6) is 0.567. The van der Waals surface area contributed by atoms with Gasteiger partial charge in [0, 0.05) is 19.1 Å². The van der Waals surface area contributed by atoms with Gasteiger partial charge in [0.1, 0.15) is 0 Å². The normalized spacial score (nSPS) is 24.2. The van der Waals surface area contributed by atoms with Crippen LogP contribution >= 0.6 is 0 Å². The first-order valence-corrected chi connectivity index (χ1v) is 6.16. The van der Waals surface area contributed by atoms with Gasteiger partial charge in [0.05, 0.1) is 12.6 Å². The Balaban J connectivity index is 2.08. The predicted molar refractivity (Wildman–Crippen MR) is 67.4 cm³/mol. The highest BCUT2D eigenvalue weighted by Gasteiger charge is 2.34. The number of likely N-dealkylation sites (N-methyl/N-ethyl adjacent to an activating group) is 1. The Morgan fingerprint density at radius 2 is 2.28 bits per heavy atom. The van der Waals surface area contributed by atoms with Gasteiger partial charge in [-0.3, -0.25) is 0 Å². The fraction of sp³-hybridized carbons (Fsp3) is 0.818. The molecule has 0 aromatic carbocycles. The van der Waals surface area contributed by atoms with E-state index in [1.165, 1.54) is 0 Å². The highest BCUT2D eigenvalue weighted by Crippen LogP contribution is 2.25. The van der Waals surface area contributed by atoms with E-state index in [-0.39, 0.29) is 12.1 Å². The van der Waals surface area contributed by atoms with Gasteiger partial charge in [-0.15, -0.1) is 5.10 Å². The van der Waals surface area contributed by atoms with Crippen LogP contribution in [0.2, 0.25) is 0 Å². The molecule has 2 atom stereocenters. The smallest absolute Gasteiger partial charge is 0.318 e. The molecule has 2 rings (SSSR count). The van der Waals surface area contributed by atoms with E-state index in [1.807, 2.05) is 26.0 Å². The Hall–Kier alpha value is -1.18. The molecule has 0 bridgehead atoms. The fourth-order valence-electron chi connectivity index (χ4n) is 2.30. The van der Waals surface area contributed by atoms with Crippen molar-refractivity contribution in [1.29, 1.82) is 0 Å². The number of rotatable bonds is 5. The Labute approximate surface area is 107 Å². The molecule has 0 spiro atoms. The first kappa shape index (κ1) is 13.3. The van der Waals surface area contributed by atoms with E-state index in [0.717, 1.165) is 13.0 Å². The summed E-state index contributed by atoms with van der Waals surface area (Å²) in [6.45, 7) is 1.97. The largest absolute Gasteiger partial charge is 0.407 e. The molecule has 1 aromatic rings. The zero-order valence-corrected chi connectivity index (χ0v) is 11.1. The molecule has 2 unspecified atom stereocenters. The van der Waals surface area contributed by atoms with Gasteiger partial charge in [0.2, 0.25) is 5.89 Å². The number of hydrogen-bond acceptors (Lipinski definition) is 7. The van der Waals surface area contributed by atoms with Gasteiger partial charge in [-0.1, -0.05) is 5.10 Å². The predicted octanol–water partition coefficient (Wildman–Crippen LogP) is -0.710. The summed E-state index contributed by atoms with van der Waals surface area (Å²) in [5.41, 5.74) is 0. The van der Waals surface area contributed by atoms with Crippen LogP contribution in [0.25, 0.3) is 0 Å². The van der Waals surface area contributed by atoms with Crippen LogP contribution in [0.1, 0.15) is 12.3 Å². The zero-order chi connectivity index (χ0) is 13.1. The molecule has 2 N–H and O–H groups in total. The quantitative estimate of drug-likeness (QED) is 0.719. The minimum atomic E-state index is -0.324. The minimum absolute atomic E-state index is 0.220. The van der Waals surface area contributed by atoms with E-state index in [2.05, 4.69) is 20.4 Å². The molecule has 0 amide bonds. The van der Waals surface area contributed by atoms with Crippen molar-refractivity contribution < 1.29 is 9.52 Å². The minimum Gasteiger partial charge on any atom is -0.407 e. The fourth-order valence-corrected chi connectivity index (χ4v) is 2.30. The average molecular weight is 255 g/mol. The van der Waals surface area contributed by atoms with Crippen LogP contribution in [0.4, 0.5) is 6.01 Å². The van der Waals surface area contributed by atoms with Crippen LogP contribution < -0.4 is 10.2 Å². The molecule has 102 valence electrons. The Morgan fingerprint density at radius 3 is 2.94 bits per heavy atom. The van der Waals surface area contributed by atoms with E-state index >= 15 is 0 Å². The summed E-state index contributed by atoms with van der Waals surface area (Å²) in [7, 11) is 5.87. The SMILES string of the molecule is CNCc1nnc(N2CC(O)CC2CN(C)C)o1. The van der Waals surface area contributed by atoms with Gasteiger partial charge in [-0.2, -0.15) is 0 Å². The average Bonchev–Trinajstić information content (AvgIpc) is 2.85. The number of anilines is 1. The molecule has 18 heavy (non-hydrogen) atoms. The highest BCUT2D eigenvalue weighted by atomic mass is 16.4. The van der Waals surface area contributed by atoms with E-state index < -0.39 is 0 Å². The van der Waals surface area contributed by atoms with Crippen molar-refractivity contribution in [2.45, 2.75) is 25.1 Å². The topological polar surface area (TPSA) is 77.7 Å². The van der Waals surface area contributed by atoms with Gasteiger partial charge in [-0.25, -0.2) is 0 Å². The van der Waals surface area contributed by atoms with Gasteiger partial charge in [-0.05, 0) is 27.6 Å². The second-order valence-electron chi connectivity index (χ2n) is 4.97. The van der Waals surface area contributed by atoms with Crippen LogP contribution in [0.3, 0.4) is 0 Å². The Morgan fingerprint density at radius 1 is 1.50 bits per heavy atom. The molecule has 1 aliphatic rings. The van der Waals surface area contributed by atoms with E-state index in [4.69, 9.17) is 4.42 Å². The third-order valence-electron chi connectivity index (χ3n) is 3.00. The van der Waals surface area contributed by atoms with E-state index in [0.29, 0.717) is 25.0 Å². The molecule has 1 aliphatic heterocycles. The van der Waals surface area contributed by atoms with Crippen LogP contribution in [0, 0.1) is 0 Å². The zero-order valence-electron chi connectivity index (χ0n) is 11.1. The molecule has 0 saturated carbocycles. The van der Waals surface area contributed by atoms with Gasteiger partial charge < -0.3 is 24.6 Å². The lowest BCUT2D eigenvalue weighted by atomic mass is 10.2. The second-order valence-corrected chi connectivity index (χ2v) is 4.97. The number of nitrogens with zero attached hydrogens (tertiary/aromatic N) is 4. The maximum absolute atomic E-state index is 9.79. The first-order valence-electron chi connectivity index (χ1n) is 6.16. The molecule has 2 heterocycles. The maximum Gasteiger partial charge on any atom is 0.318 e. The number of β-amino-alcohol motifs (C(OH)–C–C–N with tert-alkyl or cyclic N) is 1. The van der Waals surface area contributed by atoms with E-state index in [9.17, 15) is 5.11 Å². The molecular weight excluding hydrogens is 234 g/mol. The van der Waals surface area contributed by atoms with Crippen molar-refractivity contribution in [2.24, 2.45) is 0 Å². The Bertz CT molecular complexity index is 381. The number of aliphatic hydroxyl groups excluding tert-OH is 1. The third kappa shape index (κ3) is 2.98. The monoisotopic (exact) mass is 255 g/mol. The van der Waals surface area contributed by atoms with Crippen LogP contribution in [-0.2, 0) is 6.54 Å². The van der Waals surface area contributed by atoms with Gasteiger partial charge in [0.25, 0.3) is 0 Å². The molecule has 1 saturated heterocycles. The highest BCUT2D eigenvalue weighted by molar-refractivity contribution is 5.30. The van der Waals surface area contributed by atoms with Crippen molar-refractivity contribution >= 4 is 6.01 Å². The van der Waals surface area contributed by atoms with Crippen LogP contribution in [0.15, 0.2) is 4.42 Å². The number of nitrogens with one attached hydrogen (secondary N) is 1. The first-order chi connectivity index (χ1) is 8.60. The maximum atomic E-state index is 9.79. The lowest BCUT2D eigenvalue weighted by Crippen LogP contribution is -2.37. The number of aliphatic hydroxyl groups is 1. The van der Waals surface area contributed by atoms with Crippen molar-refractivity contribution in [1.82, 2.24) is 20.4 Å². The van der Waals surface area contributed by atoms with E-state index in [1.54, 1.807) is 0 Å². The standard InChI is InChI=1S/C11H21N5O2/c1-12-5-10-13-14-11(18-10)16-7-9(17)4-8(16)6-15(2)3/h8-9,12,17H,4-7H2,1-3H3. The summed E-state index contributed by atoms with van der Waals surface area (Å²) in [6.07, 6.45) is 0.414. The van der Waals surface area contributed by atoms with Crippen molar-refractivity contribution in [2.75, 3.05) is 39.1 Å². The second kappa shape index (κ2) is 5.64. The number of aromatic nitrogens is 2. The molecule has 1 aromatic heterocycles. The summed E-state index contributed by atoms with van der Waals surface area (Å²) in [4.78, 5) is 4.09. The lowest BCUT2D eigenvalue weighted by molar-refractivity contribution is 0.191. The molecule has 7 heteroatoms. The Kier molecular flexibility index (Phi) is 4.15. The molecule has 0 radical (unpaired) electrons. The summed E-state index contributed by atoms with van der Waals surface area (Å²) in [6, 6.07) is 0.724. The van der Waals surface area contributed by atoms with Crippen molar-refractivity contribution in [3.63, 3.8) is 0 Å². The summed E-state index contributed by atoms with van der Waals surface area (Å²) < 4.78 is 5.58. The van der Waals surface area contributed by atoms with Crippen LogP contribution in [-0.4, -0.2) is 66.6 Å². The molecule has 7 nitrogen and oxygen atoms in total. The van der Waals surface area contributed by atoms with Gasteiger partial charge in [0.15, 0.2) is 0 Å². The third-order valence-corrected chi connectivity index (χ3v) is 3.00. The summed E-state index contributed by atoms with van der Waals surface area (Å²) >= 11 is 0. The molecule has 0 aliphatic carbocycles. The van der Waals surface area contributed by atoms with Gasteiger partial charge >= 0.3 is 6.01 Å². The molecular formula is C11H21N5O2. The molecule has 1 fully saturated rings. The number of hydrogen-bond donors (Lipinski definition) is 2. The van der Waals surface area contributed by atoms with Crippen molar-refractivity contribution in [3.8, 4) is 0 Å². The van der Waals surface area contributed by atoms with Crippen LogP contribution in [0.5, 0.6) is 0 Å². The lowest BCUT2D eigenvalue weighted by Gasteiger charge is -2.24. The van der Waals surface area contributed by atoms with Crippen molar-refractivity contribution in [3.05, 3.63) is 5.89 Å².